The maximum atomic E-state index is 13.5. The molecule has 116 valence electrons. The number of para-hydroxylation sites is 1. The Morgan fingerprint density at radius 2 is 1.64 bits per heavy atom. The SMILES string of the molecule is CS(=O)(=O)c1ccccc1CC(=O)Nc1c(F)cccc1F. The highest BCUT2D eigenvalue weighted by atomic mass is 32.2. The van der Waals surface area contributed by atoms with Gasteiger partial charge in [-0.25, -0.2) is 17.2 Å². The Bertz CT molecular complexity index is 799. The van der Waals surface area contributed by atoms with Crippen LogP contribution in [0.3, 0.4) is 0 Å². The molecular formula is C15H13F2NO3S. The van der Waals surface area contributed by atoms with Crippen molar-refractivity contribution in [3.63, 3.8) is 0 Å². The number of amides is 1. The third kappa shape index (κ3) is 3.67. The molecule has 0 aliphatic heterocycles. The molecule has 2 aromatic rings. The fourth-order valence-electron chi connectivity index (χ4n) is 1.99. The average Bonchev–Trinajstić information content (AvgIpc) is 2.42. The third-order valence-corrected chi connectivity index (χ3v) is 4.15. The van der Waals surface area contributed by atoms with Gasteiger partial charge in [-0.3, -0.25) is 4.79 Å². The van der Waals surface area contributed by atoms with Crippen molar-refractivity contribution in [2.75, 3.05) is 11.6 Å². The predicted molar refractivity (Wildman–Crippen MR) is 78.2 cm³/mol. The summed E-state index contributed by atoms with van der Waals surface area (Å²) in [5.74, 6) is -2.51. The number of anilines is 1. The van der Waals surface area contributed by atoms with Gasteiger partial charge in [-0.2, -0.15) is 0 Å². The zero-order valence-electron chi connectivity index (χ0n) is 11.6. The third-order valence-electron chi connectivity index (χ3n) is 2.95. The molecule has 0 unspecified atom stereocenters. The standard InChI is InChI=1S/C15H13F2NO3S/c1-22(20,21)13-8-3-2-5-10(13)9-14(19)18-15-11(16)6-4-7-12(15)17/h2-8H,9H2,1H3,(H,18,19). The van der Waals surface area contributed by atoms with Gasteiger partial charge < -0.3 is 5.32 Å². The van der Waals surface area contributed by atoms with E-state index in [1.54, 1.807) is 6.07 Å². The molecule has 0 atom stereocenters. The second-order valence-electron chi connectivity index (χ2n) is 4.70. The Morgan fingerprint density at radius 3 is 2.23 bits per heavy atom. The van der Waals surface area contributed by atoms with E-state index in [2.05, 4.69) is 5.32 Å². The van der Waals surface area contributed by atoms with Crippen molar-refractivity contribution in [2.45, 2.75) is 11.3 Å². The van der Waals surface area contributed by atoms with Gasteiger partial charge in [0.25, 0.3) is 0 Å². The lowest BCUT2D eigenvalue weighted by Gasteiger charge is -2.10. The van der Waals surface area contributed by atoms with Crippen molar-refractivity contribution in [2.24, 2.45) is 0 Å². The summed E-state index contributed by atoms with van der Waals surface area (Å²) in [4.78, 5) is 11.9. The van der Waals surface area contributed by atoms with Crippen LogP contribution in [0.25, 0.3) is 0 Å². The quantitative estimate of drug-likeness (QED) is 0.939. The number of hydrogen-bond donors (Lipinski definition) is 1. The Labute approximate surface area is 126 Å². The lowest BCUT2D eigenvalue weighted by atomic mass is 10.1. The van der Waals surface area contributed by atoms with Crippen LogP contribution >= 0.6 is 0 Å². The Balaban J connectivity index is 2.24. The van der Waals surface area contributed by atoms with Crippen LogP contribution < -0.4 is 5.32 Å². The van der Waals surface area contributed by atoms with Crippen LogP contribution in [0.5, 0.6) is 0 Å². The van der Waals surface area contributed by atoms with Crippen LogP contribution in [-0.2, 0) is 21.1 Å². The number of carbonyl (C=O) groups is 1. The first-order valence-corrected chi connectivity index (χ1v) is 8.20. The van der Waals surface area contributed by atoms with E-state index in [4.69, 9.17) is 0 Å². The molecule has 0 aromatic heterocycles. The average molecular weight is 325 g/mol. The van der Waals surface area contributed by atoms with Gasteiger partial charge in [0.1, 0.15) is 17.3 Å². The lowest BCUT2D eigenvalue weighted by molar-refractivity contribution is -0.115. The fraction of sp³-hybridized carbons (Fsp3) is 0.133. The van der Waals surface area contributed by atoms with Crippen LogP contribution in [0.1, 0.15) is 5.56 Å². The molecule has 1 amide bonds. The second-order valence-corrected chi connectivity index (χ2v) is 6.69. The normalized spacial score (nSPS) is 11.2. The van der Waals surface area contributed by atoms with Crippen LogP contribution in [-0.4, -0.2) is 20.6 Å². The van der Waals surface area contributed by atoms with Crippen LogP contribution in [0.2, 0.25) is 0 Å². The molecule has 22 heavy (non-hydrogen) atoms. The molecule has 7 heteroatoms. The van der Waals surface area contributed by atoms with Crippen molar-refractivity contribution in [3.05, 3.63) is 59.7 Å². The first-order valence-electron chi connectivity index (χ1n) is 6.31. The summed E-state index contributed by atoms with van der Waals surface area (Å²) < 4.78 is 50.2. The van der Waals surface area contributed by atoms with Gasteiger partial charge in [0, 0.05) is 6.26 Å². The van der Waals surface area contributed by atoms with E-state index in [9.17, 15) is 22.0 Å². The van der Waals surface area contributed by atoms with Crippen LogP contribution in [0.4, 0.5) is 14.5 Å². The molecule has 0 bridgehead atoms. The predicted octanol–water partition coefficient (Wildman–Crippen LogP) is 2.55. The van der Waals surface area contributed by atoms with Crippen molar-refractivity contribution in [3.8, 4) is 0 Å². The van der Waals surface area contributed by atoms with E-state index in [1.165, 1.54) is 24.3 Å². The molecule has 1 N–H and O–H groups in total. The molecular weight excluding hydrogens is 312 g/mol. The van der Waals surface area contributed by atoms with Gasteiger partial charge >= 0.3 is 0 Å². The highest BCUT2D eigenvalue weighted by Gasteiger charge is 2.17. The Morgan fingerprint density at radius 1 is 1.05 bits per heavy atom. The molecule has 4 nitrogen and oxygen atoms in total. The molecule has 0 spiro atoms. The maximum absolute atomic E-state index is 13.5. The van der Waals surface area contributed by atoms with Gasteiger partial charge in [-0.1, -0.05) is 24.3 Å². The molecule has 0 aliphatic carbocycles. The number of rotatable bonds is 4. The molecule has 0 saturated heterocycles. The van der Waals surface area contributed by atoms with E-state index in [1.807, 2.05) is 0 Å². The lowest BCUT2D eigenvalue weighted by Crippen LogP contribution is -2.18. The van der Waals surface area contributed by atoms with Gasteiger partial charge in [-0.05, 0) is 23.8 Å². The minimum atomic E-state index is -3.50. The topological polar surface area (TPSA) is 63.2 Å². The summed E-state index contributed by atoms with van der Waals surface area (Å²) in [5.41, 5.74) is -0.288. The number of hydrogen-bond acceptors (Lipinski definition) is 3. The fourth-order valence-corrected chi connectivity index (χ4v) is 2.93. The molecule has 2 rings (SSSR count). The number of nitrogens with one attached hydrogen (secondary N) is 1. The van der Waals surface area contributed by atoms with E-state index >= 15 is 0 Å². The summed E-state index contributed by atoms with van der Waals surface area (Å²) in [6.45, 7) is 0. The summed E-state index contributed by atoms with van der Waals surface area (Å²) in [5, 5.41) is 2.12. The van der Waals surface area contributed by atoms with E-state index in [0.717, 1.165) is 18.4 Å². The van der Waals surface area contributed by atoms with Crippen LogP contribution in [0, 0.1) is 11.6 Å². The van der Waals surface area contributed by atoms with E-state index in [-0.39, 0.29) is 16.9 Å². The first-order chi connectivity index (χ1) is 10.3. The highest BCUT2D eigenvalue weighted by molar-refractivity contribution is 7.90. The zero-order chi connectivity index (χ0) is 16.3. The molecule has 0 fully saturated rings. The van der Waals surface area contributed by atoms with Crippen molar-refractivity contribution in [1.82, 2.24) is 0 Å². The summed E-state index contributed by atoms with van der Waals surface area (Å²) in [7, 11) is -3.50. The molecule has 0 saturated carbocycles. The van der Waals surface area contributed by atoms with Crippen molar-refractivity contribution >= 4 is 21.4 Å². The summed E-state index contributed by atoms with van der Waals surface area (Å²) >= 11 is 0. The zero-order valence-corrected chi connectivity index (χ0v) is 12.5. The maximum Gasteiger partial charge on any atom is 0.228 e. The van der Waals surface area contributed by atoms with Crippen molar-refractivity contribution in [1.29, 1.82) is 0 Å². The Kier molecular flexibility index (Phi) is 4.56. The number of benzene rings is 2. The minimum absolute atomic E-state index is 0.0131. The molecule has 0 aliphatic rings. The monoisotopic (exact) mass is 325 g/mol. The number of sulfone groups is 1. The largest absolute Gasteiger partial charge is 0.321 e. The smallest absolute Gasteiger partial charge is 0.228 e. The molecule has 2 aromatic carbocycles. The highest BCUT2D eigenvalue weighted by Crippen LogP contribution is 2.20. The van der Waals surface area contributed by atoms with Gasteiger partial charge in [-0.15, -0.1) is 0 Å². The van der Waals surface area contributed by atoms with E-state index < -0.39 is 33.1 Å². The Hall–Kier alpha value is -2.28. The number of halogens is 2. The van der Waals surface area contributed by atoms with E-state index in [0.29, 0.717) is 0 Å². The van der Waals surface area contributed by atoms with Gasteiger partial charge in [0.05, 0.1) is 11.3 Å². The van der Waals surface area contributed by atoms with Crippen molar-refractivity contribution < 1.29 is 22.0 Å². The summed E-state index contributed by atoms with van der Waals surface area (Å²) in [6, 6.07) is 9.19. The minimum Gasteiger partial charge on any atom is -0.321 e. The summed E-state index contributed by atoms with van der Waals surface area (Å²) in [6.07, 6.45) is 0.720. The van der Waals surface area contributed by atoms with Gasteiger partial charge in [0.2, 0.25) is 5.91 Å². The second kappa shape index (κ2) is 6.23. The first kappa shape index (κ1) is 16.1. The molecule has 0 heterocycles. The molecule has 0 radical (unpaired) electrons. The number of carbonyl (C=O) groups excluding carboxylic acids is 1. The van der Waals surface area contributed by atoms with Crippen LogP contribution in [0.15, 0.2) is 47.4 Å². The van der Waals surface area contributed by atoms with Gasteiger partial charge in [0.15, 0.2) is 9.84 Å².